The summed E-state index contributed by atoms with van der Waals surface area (Å²) >= 11 is 0. The van der Waals surface area contributed by atoms with Crippen LogP contribution in [0.4, 0.5) is 0 Å². The van der Waals surface area contributed by atoms with E-state index in [9.17, 15) is 0 Å². The molecular weight excluding hydrogens is 236 g/mol. The maximum Gasteiger partial charge on any atom is 0.0713 e. The third-order valence-electron chi connectivity index (χ3n) is 3.27. The Morgan fingerprint density at radius 1 is 1.11 bits per heavy atom. The topological polar surface area (TPSA) is 24.5 Å². The minimum Gasteiger partial charge on any atom is -0.380 e. The standard InChI is InChI=1S/C16H28N2O/c1-13(2)16(11-18(3)4)17-10-14-6-8-15(9-7-14)12-19-5/h6-9,13,16-17H,10-12H2,1-5H3. The summed E-state index contributed by atoms with van der Waals surface area (Å²) in [6.07, 6.45) is 0. The van der Waals surface area contributed by atoms with Gasteiger partial charge in [-0.15, -0.1) is 0 Å². The van der Waals surface area contributed by atoms with Gasteiger partial charge in [-0.2, -0.15) is 0 Å². The first kappa shape index (κ1) is 16.2. The average molecular weight is 264 g/mol. The molecule has 0 aliphatic carbocycles. The number of hydrogen-bond acceptors (Lipinski definition) is 3. The zero-order valence-electron chi connectivity index (χ0n) is 12.9. The van der Waals surface area contributed by atoms with Gasteiger partial charge in [-0.3, -0.25) is 0 Å². The highest BCUT2D eigenvalue weighted by molar-refractivity contribution is 5.22. The van der Waals surface area contributed by atoms with Gasteiger partial charge in [0.1, 0.15) is 0 Å². The second-order valence-corrected chi connectivity index (χ2v) is 5.74. The molecule has 1 rings (SSSR count). The second-order valence-electron chi connectivity index (χ2n) is 5.74. The molecule has 0 amide bonds. The van der Waals surface area contributed by atoms with Gasteiger partial charge in [-0.25, -0.2) is 0 Å². The fourth-order valence-electron chi connectivity index (χ4n) is 2.07. The van der Waals surface area contributed by atoms with Crippen LogP contribution in [0.5, 0.6) is 0 Å². The van der Waals surface area contributed by atoms with Crippen molar-refractivity contribution in [3.8, 4) is 0 Å². The van der Waals surface area contributed by atoms with Gasteiger partial charge in [0.2, 0.25) is 0 Å². The van der Waals surface area contributed by atoms with Gasteiger partial charge in [0, 0.05) is 26.2 Å². The molecule has 1 N–H and O–H groups in total. The van der Waals surface area contributed by atoms with Gasteiger partial charge in [-0.1, -0.05) is 38.1 Å². The predicted octanol–water partition coefficient (Wildman–Crippen LogP) is 2.51. The van der Waals surface area contributed by atoms with Crippen molar-refractivity contribution in [1.82, 2.24) is 10.2 Å². The minimum atomic E-state index is 0.522. The Kier molecular flexibility index (Phi) is 7.06. The highest BCUT2D eigenvalue weighted by Crippen LogP contribution is 2.08. The molecule has 3 heteroatoms. The number of nitrogens with one attached hydrogen (secondary N) is 1. The Labute approximate surface area is 118 Å². The number of ether oxygens (including phenoxy) is 1. The molecule has 0 saturated carbocycles. The maximum absolute atomic E-state index is 5.12. The molecule has 19 heavy (non-hydrogen) atoms. The first-order valence-electron chi connectivity index (χ1n) is 6.97. The van der Waals surface area contributed by atoms with Crippen molar-refractivity contribution < 1.29 is 4.74 Å². The largest absolute Gasteiger partial charge is 0.380 e. The number of rotatable bonds is 8. The van der Waals surface area contributed by atoms with Crippen LogP contribution in [-0.2, 0) is 17.9 Å². The Balaban J connectivity index is 2.49. The molecule has 1 aromatic rings. The summed E-state index contributed by atoms with van der Waals surface area (Å²) in [7, 11) is 5.97. The molecule has 0 fully saturated rings. The number of hydrogen-bond donors (Lipinski definition) is 1. The lowest BCUT2D eigenvalue weighted by Gasteiger charge is -2.25. The number of methoxy groups -OCH3 is 1. The summed E-state index contributed by atoms with van der Waals surface area (Å²) in [4.78, 5) is 2.24. The Bertz CT molecular complexity index is 346. The van der Waals surface area contributed by atoms with Crippen LogP contribution in [0.3, 0.4) is 0 Å². The molecule has 3 nitrogen and oxygen atoms in total. The van der Waals surface area contributed by atoms with Gasteiger partial charge >= 0.3 is 0 Å². The molecule has 0 heterocycles. The monoisotopic (exact) mass is 264 g/mol. The normalized spacial score (nSPS) is 13.2. The smallest absolute Gasteiger partial charge is 0.0713 e. The SMILES string of the molecule is COCc1ccc(CNC(CN(C)C)C(C)C)cc1. The maximum atomic E-state index is 5.12. The molecule has 1 unspecified atom stereocenters. The first-order valence-corrected chi connectivity index (χ1v) is 6.97. The molecule has 0 aliphatic heterocycles. The number of nitrogens with zero attached hydrogens (tertiary/aromatic N) is 1. The van der Waals surface area contributed by atoms with E-state index in [2.05, 4.69) is 62.4 Å². The molecule has 108 valence electrons. The Morgan fingerprint density at radius 2 is 1.68 bits per heavy atom. The van der Waals surface area contributed by atoms with E-state index in [0.29, 0.717) is 18.6 Å². The van der Waals surface area contributed by atoms with Crippen molar-refractivity contribution in [2.24, 2.45) is 5.92 Å². The van der Waals surface area contributed by atoms with Crippen LogP contribution in [0.15, 0.2) is 24.3 Å². The van der Waals surface area contributed by atoms with E-state index < -0.39 is 0 Å². The zero-order chi connectivity index (χ0) is 14.3. The molecular formula is C16H28N2O. The van der Waals surface area contributed by atoms with Crippen LogP contribution in [0.25, 0.3) is 0 Å². The second kappa shape index (κ2) is 8.31. The van der Waals surface area contributed by atoms with Crippen molar-refractivity contribution in [2.75, 3.05) is 27.7 Å². The summed E-state index contributed by atoms with van der Waals surface area (Å²) in [5, 5.41) is 3.65. The highest BCUT2D eigenvalue weighted by atomic mass is 16.5. The van der Waals surface area contributed by atoms with E-state index in [1.165, 1.54) is 11.1 Å². The lowest BCUT2D eigenvalue weighted by molar-refractivity contribution is 0.185. The first-order chi connectivity index (χ1) is 9.02. The number of likely N-dealkylation sites (N-methyl/N-ethyl adjacent to an activating group) is 1. The zero-order valence-corrected chi connectivity index (χ0v) is 12.9. The molecule has 0 saturated heterocycles. The summed E-state index contributed by atoms with van der Waals surface area (Å²) in [6.45, 7) is 7.21. The fraction of sp³-hybridized carbons (Fsp3) is 0.625. The highest BCUT2D eigenvalue weighted by Gasteiger charge is 2.13. The van der Waals surface area contributed by atoms with Gasteiger partial charge in [0.05, 0.1) is 6.61 Å². The molecule has 0 radical (unpaired) electrons. The average Bonchev–Trinajstić information content (AvgIpc) is 2.36. The Hall–Kier alpha value is -0.900. The molecule has 0 aromatic heterocycles. The quantitative estimate of drug-likeness (QED) is 0.781. The van der Waals surface area contributed by atoms with E-state index >= 15 is 0 Å². The van der Waals surface area contributed by atoms with Crippen LogP contribution >= 0.6 is 0 Å². The van der Waals surface area contributed by atoms with Crippen molar-refractivity contribution in [3.63, 3.8) is 0 Å². The lowest BCUT2D eigenvalue weighted by atomic mass is 10.0. The summed E-state index contributed by atoms with van der Waals surface area (Å²) in [6, 6.07) is 9.14. The number of benzene rings is 1. The van der Waals surface area contributed by atoms with Crippen LogP contribution in [-0.4, -0.2) is 38.7 Å². The third-order valence-corrected chi connectivity index (χ3v) is 3.27. The van der Waals surface area contributed by atoms with E-state index in [1.54, 1.807) is 7.11 Å². The lowest BCUT2D eigenvalue weighted by Crippen LogP contribution is -2.41. The summed E-state index contributed by atoms with van der Waals surface area (Å²) in [5.74, 6) is 0.634. The van der Waals surface area contributed by atoms with Crippen molar-refractivity contribution >= 4 is 0 Å². The van der Waals surface area contributed by atoms with E-state index in [4.69, 9.17) is 4.74 Å². The summed E-state index contributed by atoms with van der Waals surface area (Å²) < 4.78 is 5.12. The van der Waals surface area contributed by atoms with Crippen LogP contribution in [0.2, 0.25) is 0 Å². The van der Waals surface area contributed by atoms with Gasteiger partial charge < -0.3 is 15.0 Å². The third kappa shape index (κ3) is 6.19. The molecule has 1 atom stereocenters. The minimum absolute atomic E-state index is 0.522. The van der Waals surface area contributed by atoms with Gasteiger partial charge in [0.25, 0.3) is 0 Å². The van der Waals surface area contributed by atoms with Gasteiger partial charge in [-0.05, 0) is 31.1 Å². The van der Waals surface area contributed by atoms with Crippen LogP contribution in [0, 0.1) is 5.92 Å². The molecule has 0 aliphatic rings. The van der Waals surface area contributed by atoms with E-state index in [0.717, 1.165) is 13.1 Å². The fourth-order valence-corrected chi connectivity index (χ4v) is 2.07. The van der Waals surface area contributed by atoms with E-state index in [-0.39, 0.29) is 0 Å². The van der Waals surface area contributed by atoms with Crippen LogP contribution < -0.4 is 5.32 Å². The van der Waals surface area contributed by atoms with E-state index in [1.807, 2.05) is 0 Å². The van der Waals surface area contributed by atoms with Gasteiger partial charge in [0.15, 0.2) is 0 Å². The summed E-state index contributed by atoms with van der Waals surface area (Å²) in [5.41, 5.74) is 2.55. The van der Waals surface area contributed by atoms with Crippen molar-refractivity contribution in [3.05, 3.63) is 35.4 Å². The van der Waals surface area contributed by atoms with Crippen molar-refractivity contribution in [1.29, 1.82) is 0 Å². The Morgan fingerprint density at radius 3 is 2.16 bits per heavy atom. The van der Waals surface area contributed by atoms with Crippen molar-refractivity contribution in [2.45, 2.75) is 33.0 Å². The molecule has 0 spiro atoms. The molecule has 0 bridgehead atoms. The molecule has 1 aromatic carbocycles. The predicted molar refractivity (Wildman–Crippen MR) is 81.2 cm³/mol. The van der Waals surface area contributed by atoms with Crippen LogP contribution in [0.1, 0.15) is 25.0 Å².